The molecule has 0 aliphatic heterocycles. The van der Waals surface area contributed by atoms with Gasteiger partial charge in [0, 0.05) is 36.9 Å². The molecule has 9 atom stereocenters. The monoisotopic (exact) mass is 766 g/mol. The summed E-state index contributed by atoms with van der Waals surface area (Å²) in [5.41, 5.74) is 0.335. The summed E-state index contributed by atoms with van der Waals surface area (Å²) in [4.78, 5) is 47.7. The van der Waals surface area contributed by atoms with Crippen LogP contribution in [0.15, 0.2) is 28.2 Å². The first-order valence-electron chi connectivity index (χ1n) is 21.2. The topological polar surface area (TPSA) is 133 Å². The van der Waals surface area contributed by atoms with Crippen LogP contribution in [0.4, 0.5) is 0 Å². The van der Waals surface area contributed by atoms with E-state index in [1.54, 1.807) is 20.0 Å². The van der Waals surface area contributed by atoms with Gasteiger partial charge in [-0.15, -0.1) is 0 Å². The number of fused-ring (bicyclic) bond motifs is 7. The summed E-state index contributed by atoms with van der Waals surface area (Å²) >= 11 is 0. The number of rotatable bonds is 13. The van der Waals surface area contributed by atoms with Gasteiger partial charge < -0.3 is 24.3 Å². The number of aromatic nitrogens is 1. The number of ketones is 1. The van der Waals surface area contributed by atoms with Crippen LogP contribution in [-0.4, -0.2) is 88.7 Å². The van der Waals surface area contributed by atoms with Crippen molar-refractivity contribution in [3.63, 3.8) is 0 Å². The molecule has 4 saturated carbocycles. The molecule has 10 heteroatoms. The number of aliphatic hydroxyl groups is 1. The van der Waals surface area contributed by atoms with E-state index in [0.717, 1.165) is 75.8 Å². The highest BCUT2D eigenvalue weighted by Gasteiger charge is 2.71. The summed E-state index contributed by atoms with van der Waals surface area (Å²) in [5.74, 6) is 0.745. The van der Waals surface area contributed by atoms with Crippen LogP contribution < -0.4 is 0 Å². The lowest BCUT2D eigenvalue weighted by Gasteiger charge is -2.72. The van der Waals surface area contributed by atoms with E-state index in [4.69, 9.17) is 9.15 Å². The van der Waals surface area contributed by atoms with E-state index in [0.29, 0.717) is 31.3 Å². The summed E-state index contributed by atoms with van der Waals surface area (Å²) < 4.78 is 11.8. The average Bonchev–Trinajstić information content (AvgIpc) is 3.70. The number of carbonyl (C=O) groups excluding carboxylic acids is 2. The van der Waals surface area contributed by atoms with Gasteiger partial charge in [0.05, 0.1) is 30.7 Å². The first-order valence-corrected chi connectivity index (χ1v) is 21.2. The SMILES string of the molecule is CC(C)C1=C2[C@H]3CC[C@@H]4[C@@]5(C)CC[C@H](OC(=O)CC(C)(C)C(=O)O)C(C)(C)[C@@H]5CC[C@@]4(C)[C@]3(C)CCC2(C(O)CN(CCN(C)C)Cc2cnco2)CC1=O. The fourth-order valence-electron chi connectivity index (χ4n) is 13.4. The zero-order valence-corrected chi connectivity index (χ0v) is 35.8. The van der Waals surface area contributed by atoms with Crippen molar-refractivity contribution >= 4 is 17.7 Å². The van der Waals surface area contributed by atoms with Gasteiger partial charge in [-0.3, -0.25) is 19.3 Å². The van der Waals surface area contributed by atoms with Gasteiger partial charge in [-0.2, -0.15) is 0 Å². The maximum Gasteiger partial charge on any atom is 0.309 e. The van der Waals surface area contributed by atoms with E-state index in [1.807, 2.05) is 0 Å². The summed E-state index contributed by atoms with van der Waals surface area (Å²) in [7, 11) is 4.12. The number of allylic oxidation sites excluding steroid dienone is 1. The number of carbonyl (C=O) groups is 3. The van der Waals surface area contributed by atoms with Crippen molar-refractivity contribution in [1.82, 2.24) is 14.8 Å². The van der Waals surface area contributed by atoms with Gasteiger partial charge in [0.25, 0.3) is 0 Å². The number of aliphatic carboxylic acids is 1. The largest absolute Gasteiger partial charge is 0.481 e. The zero-order valence-electron chi connectivity index (χ0n) is 35.8. The summed E-state index contributed by atoms with van der Waals surface area (Å²) in [5, 5.41) is 22.2. The molecule has 5 aliphatic rings. The quantitative estimate of drug-likeness (QED) is 0.192. The number of Topliss-reactive ketones (excluding diaryl/α,β-unsaturated/α-hetero) is 1. The van der Waals surface area contributed by atoms with Gasteiger partial charge in [0.15, 0.2) is 12.2 Å². The van der Waals surface area contributed by atoms with Crippen molar-refractivity contribution < 1.29 is 33.8 Å². The number of carboxylic acids is 1. The lowest BCUT2D eigenvalue weighted by atomic mass is 9.33. The third-order valence-corrected chi connectivity index (χ3v) is 16.7. The Balaban J connectivity index is 1.28. The second-order valence-corrected chi connectivity index (χ2v) is 21.1. The first kappa shape index (κ1) is 42.1. The van der Waals surface area contributed by atoms with E-state index in [9.17, 15) is 24.6 Å². The highest BCUT2D eigenvalue weighted by Crippen LogP contribution is 2.77. The van der Waals surface area contributed by atoms with Crippen LogP contribution in [0.1, 0.15) is 132 Å². The molecule has 10 nitrogen and oxygen atoms in total. The fraction of sp³-hybridized carbons (Fsp3) is 0.822. The highest BCUT2D eigenvalue weighted by molar-refractivity contribution is 6.00. The standard InChI is InChI=1S/C45H71N3O7/c1-28(2)37-31(49)22-45(34(50)26-48(21-20-47(10)11)25-29-24-46-27-54-29)19-18-43(8)30(38(37)45)12-13-33-42(7)16-15-35(55-36(51)23-40(3,4)39(52)53)41(5,6)32(42)14-17-44(33,43)9/h24,27-28,30,32-35,50H,12-23,25-26H2,1-11H3,(H,52,53)/t30-,32+,33-,34?,35+,42+,43-,44-,45?/m1/s1. The van der Waals surface area contributed by atoms with Crippen molar-refractivity contribution in [3.8, 4) is 0 Å². The number of likely N-dealkylation sites (N-methyl/N-ethyl adjacent to an activating group) is 1. The number of oxazole rings is 1. The van der Waals surface area contributed by atoms with Crippen molar-refractivity contribution in [2.24, 2.45) is 56.2 Å². The predicted octanol–water partition coefficient (Wildman–Crippen LogP) is 7.79. The molecule has 0 amide bonds. The van der Waals surface area contributed by atoms with Crippen molar-refractivity contribution in [3.05, 3.63) is 29.5 Å². The van der Waals surface area contributed by atoms with E-state index in [2.05, 4.69) is 77.3 Å². The molecule has 308 valence electrons. The van der Waals surface area contributed by atoms with Crippen molar-refractivity contribution in [1.29, 1.82) is 0 Å². The summed E-state index contributed by atoms with van der Waals surface area (Å²) in [6.45, 7) is 22.3. The molecule has 0 spiro atoms. The molecule has 0 aromatic carbocycles. The number of nitrogens with zero attached hydrogens (tertiary/aromatic N) is 3. The number of hydrogen-bond acceptors (Lipinski definition) is 9. The van der Waals surface area contributed by atoms with E-state index in [-0.39, 0.29) is 51.8 Å². The number of aliphatic hydroxyl groups excluding tert-OH is 1. The molecule has 2 unspecified atom stereocenters. The Bertz CT molecular complexity index is 1650. The minimum atomic E-state index is -1.17. The van der Waals surface area contributed by atoms with Crippen molar-refractivity contribution in [2.75, 3.05) is 33.7 Å². The third kappa shape index (κ3) is 6.96. The van der Waals surface area contributed by atoms with Gasteiger partial charge in [-0.05, 0) is 125 Å². The Morgan fingerprint density at radius 1 is 0.982 bits per heavy atom. The van der Waals surface area contributed by atoms with Gasteiger partial charge >= 0.3 is 11.9 Å². The molecule has 6 rings (SSSR count). The predicted molar refractivity (Wildman–Crippen MR) is 212 cm³/mol. The highest BCUT2D eigenvalue weighted by atomic mass is 16.5. The fourth-order valence-corrected chi connectivity index (χ4v) is 13.4. The minimum Gasteiger partial charge on any atom is -0.481 e. The summed E-state index contributed by atoms with van der Waals surface area (Å²) in [6, 6.07) is 0. The molecule has 0 bridgehead atoms. The minimum absolute atomic E-state index is 0.0342. The molecule has 2 N–H and O–H groups in total. The van der Waals surface area contributed by atoms with Gasteiger partial charge in [-0.25, -0.2) is 4.98 Å². The van der Waals surface area contributed by atoms with Gasteiger partial charge in [0.1, 0.15) is 11.9 Å². The molecule has 0 radical (unpaired) electrons. The lowest BCUT2D eigenvalue weighted by Crippen LogP contribution is -2.66. The smallest absolute Gasteiger partial charge is 0.309 e. The first-order chi connectivity index (χ1) is 25.5. The van der Waals surface area contributed by atoms with Crippen LogP contribution in [0.5, 0.6) is 0 Å². The molecule has 1 aromatic heterocycles. The molecule has 1 aromatic rings. The van der Waals surface area contributed by atoms with Crippen LogP contribution in [0.3, 0.4) is 0 Å². The van der Waals surface area contributed by atoms with Gasteiger partial charge in [0.2, 0.25) is 0 Å². The Morgan fingerprint density at radius 3 is 2.31 bits per heavy atom. The Labute approximate surface area is 330 Å². The number of esters is 1. The van der Waals surface area contributed by atoms with Crippen LogP contribution in [-0.2, 0) is 25.7 Å². The molecular weight excluding hydrogens is 695 g/mol. The number of ether oxygens (including phenoxy) is 1. The molecule has 4 fully saturated rings. The maximum atomic E-state index is 14.2. The second kappa shape index (κ2) is 14.7. The van der Waals surface area contributed by atoms with E-state index < -0.39 is 28.9 Å². The second-order valence-electron chi connectivity index (χ2n) is 21.1. The average molecular weight is 766 g/mol. The molecule has 0 saturated heterocycles. The molecule has 1 heterocycles. The maximum absolute atomic E-state index is 14.2. The van der Waals surface area contributed by atoms with Crippen LogP contribution in [0.2, 0.25) is 0 Å². The van der Waals surface area contributed by atoms with Crippen molar-refractivity contribution in [2.45, 2.75) is 145 Å². The summed E-state index contributed by atoms with van der Waals surface area (Å²) in [6.07, 6.45) is 10.3. The number of carboxylic acid groups (broad SMARTS) is 1. The molecular formula is C45H71N3O7. The lowest BCUT2D eigenvalue weighted by molar-refractivity contribution is -0.235. The van der Waals surface area contributed by atoms with E-state index in [1.165, 1.54) is 12.0 Å². The van der Waals surface area contributed by atoms with Crippen LogP contribution >= 0.6 is 0 Å². The normalized spacial score (nSPS) is 36.4. The molecule has 5 aliphatic carbocycles. The van der Waals surface area contributed by atoms with E-state index >= 15 is 0 Å². The molecule has 55 heavy (non-hydrogen) atoms. The number of hydrogen-bond donors (Lipinski definition) is 2. The third-order valence-electron chi connectivity index (χ3n) is 16.7. The van der Waals surface area contributed by atoms with Crippen LogP contribution in [0.25, 0.3) is 0 Å². The van der Waals surface area contributed by atoms with Crippen LogP contribution in [0, 0.1) is 56.2 Å². The Hall–Kier alpha value is -2.56. The van der Waals surface area contributed by atoms with Gasteiger partial charge in [-0.1, -0.05) is 54.0 Å². The Morgan fingerprint density at radius 2 is 1.69 bits per heavy atom. The zero-order chi connectivity index (χ0) is 40.5. The Kier molecular flexibility index (Phi) is 11.2.